The van der Waals surface area contributed by atoms with Gasteiger partial charge in [-0.15, -0.1) is 0 Å². The summed E-state index contributed by atoms with van der Waals surface area (Å²) in [6, 6.07) is 9.16. The number of benzene rings is 2. The first kappa shape index (κ1) is 11.9. The smallest absolute Gasteiger partial charge is 0.339 e. The van der Waals surface area contributed by atoms with E-state index in [-0.39, 0.29) is 22.9 Å². The maximum atomic E-state index is 12.7. The minimum absolute atomic E-state index is 0.207. The number of rotatable bonds is 3. The molecule has 0 heterocycles. The second kappa shape index (κ2) is 4.75. The first-order valence-corrected chi connectivity index (χ1v) is 5.06. The normalized spacial score (nSPS) is 10.1. The van der Waals surface area contributed by atoms with Crippen LogP contribution in [0.15, 0.2) is 42.5 Å². The lowest BCUT2D eigenvalue weighted by molar-refractivity contribution is 0.0693. The molecule has 18 heavy (non-hydrogen) atoms. The average Bonchev–Trinajstić information content (AvgIpc) is 2.32. The van der Waals surface area contributed by atoms with E-state index in [1.54, 1.807) is 0 Å². The van der Waals surface area contributed by atoms with Gasteiger partial charge in [0.05, 0.1) is 0 Å². The Kier molecular flexibility index (Phi) is 3.14. The summed E-state index contributed by atoms with van der Waals surface area (Å²) in [7, 11) is 0. The lowest BCUT2D eigenvalue weighted by atomic mass is 10.2. The topological polar surface area (TPSA) is 66.8 Å². The van der Waals surface area contributed by atoms with Crippen LogP contribution in [0.25, 0.3) is 0 Å². The largest absolute Gasteiger partial charge is 0.507 e. The van der Waals surface area contributed by atoms with Crippen molar-refractivity contribution in [3.63, 3.8) is 0 Å². The Morgan fingerprint density at radius 2 is 1.67 bits per heavy atom. The maximum Gasteiger partial charge on any atom is 0.339 e. The quantitative estimate of drug-likeness (QED) is 0.876. The minimum atomic E-state index is -1.22. The molecule has 0 amide bonds. The van der Waals surface area contributed by atoms with Gasteiger partial charge in [-0.3, -0.25) is 0 Å². The molecule has 2 aromatic carbocycles. The van der Waals surface area contributed by atoms with Crippen LogP contribution in [0.1, 0.15) is 10.4 Å². The number of carboxylic acid groups (broad SMARTS) is 1. The van der Waals surface area contributed by atoms with Crippen molar-refractivity contribution in [2.75, 3.05) is 0 Å². The minimum Gasteiger partial charge on any atom is -0.507 e. The highest BCUT2D eigenvalue weighted by molar-refractivity contribution is 5.90. The van der Waals surface area contributed by atoms with Crippen LogP contribution >= 0.6 is 0 Å². The van der Waals surface area contributed by atoms with Gasteiger partial charge in [-0.2, -0.15) is 0 Å². The SMILES string of the molecule is O=C(O)c1ccc(Oc2ccc(F)cc2)cc1O. The van der Waals surface area contributed by atoms with Gasteiger partial charge in [-0.25, -0.2) is 9.18 Å². The van der Waals surface area contributed by atoms with Gasteiger partial charge in [0.2, 0.25) is 0 Å². The molecule has 92 valence electrons. The van der Waals surface area contributed by atoms with Crippen molar-refractivity contribution >= 4 is 5.97 Å². The lowest BCUT2D eigenvalue weighted by Gasteiger charge is -2.07. The number of carbonyl (C=O) groups is 1. The van der Waals surface area contributed by atoms with E-state index < -0.39 is 5.97 Å². The molecule has 5 heteroatoms. The van der Waals surface area contributed by atoms with Crippen molar-refractivity contribution < 1.29 is 24.1 Å². The average molecular weight is 248 g/mol. The van der Waals surface area contributed by atoms with Crippen LogP contribution in [-0.2, 0) is 0 Å². The van der Waals surface area contributed by atoms with E-state index in [2.05, 4.69) is 0 Å². The van der Waals surface area contributed by atoms with E-state index in [4.69, 9.17) is 9.84 Å². The maximum absolute atomic E-state index is 12.7. The highest BCUT2D eigenvalue weighted by Crippen LogP contribution is 2.27. The van der Waals surface area contributed by atoms with Crippen molar-refractivity contribution in [3.8, 4) is 17.2 Å². The summed E-state index contributed by atoms with van der Waals surface area (Å²) in [4.78, 5) is 10.7. The zero-order chi connectivity index (χ0) is 13.1. The van der Waals surface area contributed by atoms with Gasteiger partial charge < -0.3 is 14.9 Å². The van der Waals surface area contributed by atoms with E-state index in [1.165, 1.54) is 42.5 Å². The number of hydrogen-bond acceptors (Lipinski definition) is 3. The van der Waals surface area contributed by atoms with Gasteiger partial charge in [-0.1, -0.05) is 0 Å². The van der Waals surface area contributed by atoms with E-state index in [1.807, 2.05) is 0 Å². The molecule has 0 atom stereocenters. The Balaban J connectivity index is 2.22. The van der Waals surface area contributed by atoms with Gasteiger partial charge in [0, 0.05) is 6.07 Å². The summed E-state index contributed by atoms with van der Waals surface area (Å²) in [6.45, 7) is 0. The highest BCUT2D eigenvalue weighted by atomic mass is 19.1. The third-order valence-electron chi connectivity index (χ3n) is 2.25. The molecule has 0 aromatic heterocycles. The third-order valence-corrected chi connectivity index (χ3v) is 2.25. The second-order valence-electron chi connectivity index (χ2n) is 3.54. The first-order chi connectivity index (χ1) is 8.56. The second-order valence-corrected chi connectivity index (χ2v) is 3.54. The van der Waals surface area contributed by atoms with Crippen LogP contribution in [0, 0.1) is 5.82 Å². The Morgan fingerprint density at radius 3 is 2.22 bits per heavy atom. The lowest BCUT2D eigenvalue weighted by Crippen LogP contribution is -1.96. The Hall–Kier alpha value is -2.56. The molecule has 2 N–H and O–H groups in total. The van der Waals surface area contributed by atoms with Crippen molar-refractivity contribution in [2.24, 2.45) is 0 Å². The van der Waals surface area contributed by atoms with E-state index in [0.717, 1.165) is 0 Å². The number of aromatic hydroxyl groups is 1. The predicted molar refractivity (Wildman–Crippen MR) is 61.5 cm³/mol. The van der Waals surface area contributed by atoms with Crippen LogP contribution < -0.4 is 4.74 Å². The van der Waals surface area contributed by atoms with Gasteiger partial charge in [0.1, 0.15) is 28.6 Å². The summed E-state index contributed by atoms with van der Waals surface area (Å²) in [5.74, 6) is -1.34. The Labute approximate surface area is 102 Å². The zero-order valence-electron chi connectivity index (χ0n) is 9.13. The molecule has 2 aromatic rings. The van der Waals surface area contributed by atoms with Crippen LogP contribution in [0.3, 0.4) is 0 Å². The number of phenols is 1. The van der Waals surface area contributed by atoms with Gasteiger partial charge in [0.15, 0.2) is 0 Å². The molecule has 0 fully saturated rings. The molecular weight excluding hydrogens is 239 g/mol. The molecule has 4 nitrogen and oxygen atoms in total. The van der Waals surface area contributed by atoms with E-state index in [0.29, 0.717) is 5.75 Å². The first-order valence-electron chi connectivity index (χ1n) is 5.06. The summed E-state index contributed by atoms with van der Waals surface area (Å²) >= 11 is 0. The molecule has 0 saturated heterocycles. The number of hydrogen-bond donors (Lipinski definition) is 2. The van der Waals surface area contributed by atoms with Crippen LogP contribution in [0.4, 0.5) is 4.39 Å². The third kappa shape index (κ3) is 2.57. The molecule has 0 aliphatic carbocycles. The van der Waals surface area contributed by atoms with Gasteiger partial charge in [-0.05, 0) is 36.4 Å². The molecule has 0 spiro atoms. The molecule has 0 unspecified atom stereocenters. The molecule has 2 rings (SSSR count). The Bertz CT molecular complexity index is 578. The fourth-order valence-electron chi connectivity index (χ4n) is 1.39. The zero-order valence-corrected chi connectivity index (χ0v) is 9.13. The highest BCUT2D eigenvalue weighted by Gasteiger charge is 2.10. The van der Waals surface area contributed by atoms with Crippen molar-refractivity contribution in [1.29, 1.82) is 0 Å². The Morgan fingerprint density at radius 1 is 1.06 bits per heavy atom. The monoisotopic (exact) mass is 248 g/mol. The molecule has 0 bridgehead atoms. The summed E-state index contributed by atoms with van der Waals surface area (Å²) in [5.41, 5.74) is -0.207. The number of aromatic carboxylic acids is 1. The fourth-order valence-corrected chi connectivity index (χ4v) is 1.39. The van der Waals surface area contributed by atoms with Crippen LogP contribution in [0.2, 0.25) is 0 Å². The summed E-state index contributed by atoms with van der Waals surface area (Å²) < 4.78 is 18.0. The van der Waals surface area contributed by atoms with Crippen LogP contribution in [-0.4, -0.2) is 16.2 Å². The number of ether oxygens (including phenoxy) is 1. The molecule has 0 saturated carbocycles. The summed E-state index contributed by atoms with van der Waals surface area (Å²) in [5, 5.41) is 18.2. The predicted octanol–water partition coefficient (Wildman–Crippen LogP) is 3.02. The summed E-state index contributed by atoms with van der Waals surface area (Å²) in [6.07, 6.45) is 0. The van der Waals surface area contributed by atoms with Crippen LogP contribution in [0.5, 0.6) is 17.2 Å². The van der Waals surface area contributed by atoms with Crippen molar-refractivity contribution in [2.45, 2.75) is 0 Å². The number of halogens is 1. The van der Waals surface area contributed by atoms with E-state index in [9.17, 15) is 14.3 Å². The van der Waals surface area contributed by atoms with E-state index >= 15 is 0 Å². The van der Waals surface area contributed by atoms with Crippen molar-refractivity contribution in [1.82, 2.24) is 0 Å². The molecule has 0 aliphatic heterocycles. The molecular formula is C13H9FO4. The fraction of sp³-hybridized carbons (Fsp3) is 0. The molecule has 0 aliphatic rings. The van der Waals surface area contributed by atoms with Crippen molar-refractivity contribution in [3.05, 3.63) is 53.8 Å². The number of carboxylic acids is 1. The molecule has 0 radical (unpaired) electrons. The van der Waals surface area contributed by atoms with Gasteiger partial charge >= 0.3 is 5.97 Å². The standard InChI is InChI=1S/C13H9FO4/c14-8-1-3-9(4-2-8)18-10-5-6-11(13(16)17)12(15)7-10/h1-7,15H,(H,16,17). The van der Waals surface area contributed by atoms with Gasteiger partial charge in [0.25, 0.3) is 0 Å².